The van der Waals surface area contributed by atoms with Crippen molar-refractivity contribution in [2.75, 3.05) is 0 Å². The van der Waals surface area contributed by atoms with Gasteiger partial charge in [-0.15, -0.1) is 0 Å². The summed E-state index contributed by atoms with van der Waals surface area (Å²) in [7, 11) is 0. The Morgan fingerprint density at radius 1 is 1.53 bits per heavy atom. The van der Waals surface area contributed by atoms with Crippen LogP contribution in [0.1, 0.15) is 19.5 Å². The Labute approximate surface area is 89.1 Å². The van der Waals surface area contributed by atoms with Crippen LogP contribution < -0.4 is 11.1 Å². The summed E-state index contributed by atoms with van der Waals surface area (Å²) in [6, 6.07) is -0.471. The molecule has 5 heteroatoms. The topological polar surface area (TPSA) is 80.9 Å². The van der Waals surface area contributed by atoms with Gasteiger partial charge < -0.3 is 11.1 Å². The zero-order valence-electron chi connectivity index (χ0n) is 8.97. The maximum absolute atomic E-state index is 11.5. The van der Waals surface area contributed by atoms with E-state index in [1.165, 1.54) is 0 Å². The summed E-state index contributed by atoms with van der Waals surface area (Å²) < 4.78 is 0. The number of carbonyl (C=O) groups excluding carboxylic acids is 1. The SMILES string of the molecule is CC(C)[C@H](N)C(=O)NCc1cnccn1. The van der Waals surface area contributed by atoms with Crippen molar-refractivity contribution in [3.63, 3.8) is 0 Å². The molecule has 0 aliphatic heterocycles. The average molecular weight is 208 g/mol. The second-order valence-electron chi connectivity index (χ2n) is 3.68. The number of carbonyl (C=O) groups is 1. The minimum Gasteiger partial charge on any atom is -0.349 e. The van der Waals surface area contributed by atoms with Crippen molar-refractivity contribution >= 4 is 5.91 Å². The molecule has 1 rings (SSSR count). The van der Waals surface area contributed by atoms with Gasteiger partial charge in [-0.05, 0) is 5.92 Å². The van der Waals surface area contributed by atoms with Crippen LogP contribution in [0, 0.1) is 5.92 Å². The highest BCUT2D eigenvalue weighted by atomic mass is 16.2. The molecule has 1 amide bonds. The Balaban J connectivity index is 2.41. The van der Waals surface area contributed by atoms with E-state index < -0.39 is 6.04 Å². The van der Waals surface area contributed by atoms with Crippen molar-refractivity contribution in [2.24, 2.45) is 11.7 Å². The Bertz CT molecular complexity index is 312. The molecule has 0 spiro atoms. The molecule has 1 aromatic heterocycles. The zero-order chi connectivity index (χ0) is 11.3. The summed E-state index contributed by atoms with van der Waals surface area (Å²) in [6.45, 7) is 4.19. The fourth-order valence-electron chi connectivity index (χ4n) is 1.02. The van der Waals surface area contributed by atoms with Gasteiger partial charge in [-0.25, -0.2) is 0 Å². The van der Waals surface area contributed by atoms with E-state index in [9.17, 15) is 4.79 Å². The lowest BCUT2D eigenvalue weighted by Gasteiger charge is -2.14. The molecule has 5 nitrogen and oxygen atoms in total. The third kappa shape index (κ3) is 3.63. The van der Waals surface area contributed by atoms with Crippen molar-refractivity contribution in [3.8, 4) is 0 Å². The first-order valence-electron chi connectivity index (χ1n) is 4.89. The minimum absolute atomic E-state index is 0.131. The number of hydrogen-bond acceptors (Lipinski definition) is 4. The lowest BCUT2D eigenvalue weighted by Crippen LogP contribution is -2.43. The van der Waals surface area contributed by atoms with Crippen molar-refractivity contribution in [1.29, 1.82) is 0 Å². The quantitative estimate of drug-likeness (QED) is 0.734. The zero-order valence-corrected chi connectivity index (χ0v) is 8.97. The molecule has 1 heterocycles. The van der Waals surface area contributed by atoms with Crippen LogP contribution in [-0.2, 0) is 11.3 Å². The summed E-state index contributed by atoms with van der Waals surface area (Å²) in [5.41, 5.74) is 6.40. The van der Waals surface area contributed by atoms with Gasteiger partial charge in [-0.2, -0.15) is 0 Å². The molecule has 1 aromatic rings. The van der Waals surface area contributed by atoms with Crippen LogP contribution in [0.3, 0.4) is 0 Å². The average Bonchev–Trinajstić information content (AvgIpc) is 2.26. The molecule has 0 aromatic carbocycles. The lowest BCUT2D eigenvalue weighted by molar-refractivity contribution is -0.123. The Morgan fingerprint density at radius 3 is 2.80 bits per heavy atom. The normalized spacial score (nSPS) is 12.5. The first-order valence-corrected chi connectivity index (χ1v) is 4.89. The van der Waals surface area contributed by atoms with Gasteiger partial charge in [0.25, 0.3) is 0 Å². The molecule has 0 saturated heterocycles. The fraction of sp³-hybridized carbons (Fsp3) is 0.500. The molecular formula is C10H16N4O. The van der Waals surface area contributed by atoms with Crippen LogP contribution >= 0.6 is 0 Å². The van der Waals surface area contributed by atoms with E-state index in [2.05, 4.69) is 15.3 Å². The van der Waals surface area contributed by atoms with Crippen molar-refractivity contribution < 1.29 is 4.79 Å². The summed E-state index contributed by atoms with van der Waals surface area (Å²) in [5.74, 6) is -0.0255. The maximum atomic E-state index is 11.5. The third-order valence-electron chi connectivity index (χ3n) is 2.08. The molecule has 1 atom stereocenters. The molecule has 15 heavy (non-hydrogen) atoms. The molecule has 0 unspecified atom stereocenters. The van der Waals surface area contributed by atoms with Gasteiger partial charge in [0.15, 0.2) is 0 Å². The number of nitrogens with one attached hydrogen (secondary N) is 1. The van der Waals surface area contributed by atoms with Gasteiger partial charge in [0.2, 0.25) is 5.91 Å². The van der Waals surface area contributed by atoms with E-state index >= 15 is 0 Å². The van der Waals surface area contributed by atoms with Crippen LogP contribution in [0.4, 0.5) is 0 Å². The van der Waals surface area contributed by atoms with E-state index in [0.717, 1.165) is 5.69 Å². The summed E-state index contributed by atoms with van der Waals surface area (Å²) >= 11 is 0. The van der Waals surface area contributed by atoms with E-state index in [1.54, 1.807) is 18.6 Å². The predicted octanol–water partition coefficient (Wildman–Crippen LogP) is 0.0761. The Kier molecular flexibility index (Phi) is 4.17. The molecule has 0 bridgehead atoms. The summed E-state index contributed by atoms with van der Waals surface area (Å²) in [4.78, 5) is 19.4. The number of rotatable bonds is 4. The van der Waals surface area contributed by atoms with E-state index in [4.69, 9.17) is 5.73 Å². The predicted molar refractivity (Wildman–Crippen MR) is 56.7 cm³/mol. The Hall–Kier alpha value is -1.49. The molecule has 0 aliphatic carbocycles. The number of aromatic nitrogens is 2. The molecule has 82 valence electrons. The number of amides is 1. The second kappa shape index (κ2) is 5.41. The highest BCUT2D eigenvalue weighted by Gasteiger charge is 2.16. The standard InChI is InChI=1S/C10H16N4O/c1-7(2)9(11)10(15)14-6-8-5-12-3-4-13-8/h3-5,7,9H,6,11H2,1-2H3,(H,14,15)/t9-/m0/s1. The van der Waals surface area contributed by atoms with Crippen LogP contribution in [0.5, 0.6) is 0 Å². The first kappa shape index (κ1) is 11.6. The first-order chi connectivity index (χ1) is 7.11. The van der Waals surface area contributed by atoms with Gasteiger partial charge in [-0.3, -0.25) is 14.8 Å². The van der Waals surface area contributed by atoms with Crippen molar-refractivity contribution in [3.05, 3.63) is 24.3 Å². The van der Waals surface area contributed by atoms with Gasteiger partial charge in [-0.1, -0.05) is 13.8 Å². The molecule has 3 N–H and O–H groups in total. The van der Waals surface area contributed by atoms with Crippen LogP contribution in [0.15, 0.2) is 18.6 Å². The molecule has 0 fully saturated rings. The maximum Gasteiger partial charge on any atom is 0.237 e. The summed E-state index contributed by atoms with van der Waals surface area (Å²) in [6.07, 6.45) is 4.79. The van der Waals surface area contributed by atoms with E-state index in [1.807, 2.05) is 13.8 Å². The van der Waals surface area contributed by atoms with Gasteiger partial charge >= 0.3 is 0 Å². The second-order valence-corrected chi connectivity index (χ2v) is 3.68. The molecular weight excluding hydrogens is 192 g/mol. The highest BCUT2D eigenvalue weighted by Crippen LogP contribution is 1.98. The van der Waals surface area contributed by atoms with Crippen LogP contribution in [0.25, 0.3) is 0 Å². The molecule has 0 aliphatic rings. The minimum atomic E-state index is -0.471. The van der Waals surface area contributed by atoms with Gasteiger partial charge in [0, 0.05) is 12.4 Å². The summed E-state index contributed by atoms with van der Waals surface area (Å²) in [5, 5.41) is 2.71. The highest BCUT2D eigenvalue weighted by molar-refractivity contribution is 5.81. The number of hydrogen-bond donors (Lipinski definition) is 2. The monoisotopic (exact) mass is 208 g/mol. The molecule has 0 radical (unpaired) electrons. The van der Waals surface area contributed by atoms with Gasteiger partial charge in [0.1, 0.15) is 0 Å². The largest absolute Gasteiger partial charge is 0.349 e. The smallest absolute Gasteiger partial charge is 0.237 e. The van der Waals surface area contributed by atoms with Crippen LogP contribution in [-0.4, -0.2) is 21.9 Å². The van der Waals surface area contributed by atoms with Crippen molar-refractivity contribution in [1.82, 2.24) is 15.3 Å². The fourth-order valence-corrected chi connectivity index (χ4v) is 1.02. The van der Waals surface area contributed by atoms with Crippen molar-refractivity contribution in [2.45, 2.75) is 26.4 Å². The van der Waals surface area contributed by atoms with Crippen LogP contribution in [0.2, 0.25) is 0 Å². The lowest BCUT2D eigenvalue weighted by atomic mass is 10.1. The number of nitrogens with two attached hydrogens (primary N) is 1. The number of nitrogens with zero attached hydrogens (tertiary/aromatic N) is 2. The van der Waals surface area contributed by atoms with E-state index in [-0.39, 0.29) is 11.8 Å². The third-order valence-corrected chi connectivity index (χ3v) is 2.08. The Morgan fingerprint density at radius 2 is 2.27 bits per heavy atom. The van der Waals surface area contributed by atoms with Gasteiger partial charge in [0.05, 0.1) is 24.5 Å². The molecule has 0 saturated carbocycles. The van der Waals surface area contributed by atoms with E-state index in [0.29, 0.717) is 6.54 Å².